The molecule has 0 amide bonds. The Balaban J connectivity index is 1.45. The van der Waals surface area contributed by atoms with E-state index < -0.39 is 0 Å². The van der Waals surface area contributed by atoms with Crippen molar-refractivity contribution in [3.8, 4) is 17.3 Å². The fourth-order valence-corrected chi connectivity index (χ4v) is 4.49. The predicted molar refractivity (Wildman–Crippen MR) is 130 cm³/mol. The lowest BCUT2D eigenvalue weighted by atomic mass is 10.1. The van der Waals surface area contributed by atoms with E-state index in [2.05, 4.69) is 34.3 Å². The second-order valence-corrected chi connectivity index (χ2v) is 8.67. The monoisotopic (exact) mass is 462 g/mol. The number of hydrogen-bond acceptors (Lipinski definition) is 8. The molecule has 5 rings (SSSR count). The molecule has 3 atom stereocenters. The number of rotatable bonds is 8. The van der Waals surface area contributed by atoms with Gasteiger partial charge in [-0.15, -0.1) is 10.2 Å². The molecular formula is C25H30N6O3. The lowest BCUT2D eigenvalue weighted by Crippen LogP contribution is -2.34. The van der Waals surface area contributed by atoms with Crippen LogP contribution in [0.5, 0.6) is 5.75 Å². The Labute approximate surface area is 198 Å². The first-order chi connectivity index (χ1) is 16.6. The number of nitrogens with zero attached hydrogens (tertiary/aromatic N) is 5. The van der Waals surface area contributed by atoms with Crippen LogP contribution in [0.15, 0.2) is 48.7 Å². The molecule has 0 saturated carbocycles. The Morgan fingerprint density at radius 3 is 2.71 bits per heavy atom. The Hall–Kier alpha value is -3.11. The quantitative estimate of drug-likeness (QED) is 0.399. The summed E-state index contributed by atoms with van der Waals surface area (Å²) in [5.74, 6) is 1.46. The number of aromatic nitrogens is 4. The van der Waals surface area contributed by atoms with Gasteiger partial charge in [-0.2, -0.15) is 0 Å². The first kappa shape index (κ1) is 22.7. The maximum atomic E-state index is 6.24. The molecule has 4 aromatic rings. The molecule has 0 bridgehead atoms. The van der Waals surface area contributed by atoms with Gasteiger partial charge in [-0.25, -0.2) is 4.98 Å². The lowest BCUT2D eigenvalue weighted by Gasteiger charge is -2.24. The van der Waals surface area contributed by atoms with Crippen LogP contribution in [0.25, 0.3) is 28.1 Å². The molecule has 0 radical (unpaired) electrons. The number of likely N-dealkylation sites (tertiary alicyclic amines) is 1. The van der Waals surface area contributed by atoms with Gasteiger partial charge in [0.05, 0.1) is 18.2 Å². The molecule has 9 heteroatoms. The largest absolute Gasteiger partial charge is 0.491 e. The summed E-state index contributed by atoms with van der Waals surface area (Å²) in [6.45, 7) is 4.83. The fourth-order valence-electron chi connectivity index (χ4n) is 4.49. The Bertz CT molecular complexity index is 1290. The predicted octanol–water partition coefficient (Wildman–Crippen LogP) is 2.69. The summed E-state index contributed by atoms with van der Waals surface area (Å²) < 4.78 is 18.3. The number of benzene rings is 1. The SMILES string of the molecule is COCCOc1ccc2ccc(-c3nnc4ccc([C@H](C)N5C[C@@H](N)[C@H](OC)C5)cn34)nc2c1. The minimum atomic E-state index is 0.0202. The zero-order valence-corrected chi connectivity index (χ0v) is 19.7. The van der Waals surface area contributed by atoms with Crippen LogP contribution in [0.1, 0.15) is 18.5 Å². The third-order valence-electron chi connectivity index (χ3n) is 6.54. The van der Waals surface area contributed by atoms with E-state index in [9.17, 15) is 0 Å². The van der Waals surface area contributed by atoms with Crippen LogP contribution in [-0.4, -0.2) is 77.2 Å². The number of ether oxygens (including phenoxy) is 3. The van der Waals surface area contributed by atoms with Crippen molar-refractivity contribution >= 4 is 16.6 Å². The van der Waals surface area contributed by atoms with Crippen molar-refractivity contribution in [2.75, 3.05) is 40.5 Å². The second-order valence-electron chi connectivity index (χ2n) is 8.67. The molecule has 9 nitrogen and oxygen atoms in total. The van der Waals surface area contributed by atoms with Crippen LogP contribution in [0.4, 0.5) is 0 Å². The first-order valence-electron chi connectivity index (χ1n) is 11.5. The highest BCUT2D eigenvalue weighted by Gasteiger charge is 2.33. The normalized spacial score (nSPS) is 19.8. The molecular weight excluding hydrogens is 432 g/mol. The molecule has 1 aliphatic heterocycles. The summed E-state index contributed by atoms with van der Waals surface area (Å²) in [6.07, 6.45) is 2.15. The summed E-state index contributed by atoms with van der Waals surface area (Å²) in [6, 6.07) is 14.2. The highest BCUT2D eigenvalue weighted by atomic mass is 16.5. The maximum absolute atomic E-state index is 6.24. The van der Waals surface area contributed by atoms with Gasteiger partial charge in [0.15, 0.2) is 11.5 Å². The van der Waals surface area contributed by atoms with E-state index in [-0.39, 0.29) is 18.2 Å². The number of pyridine rings is 2. The number of methoxy groups -OCH3 is 2. The average Bonchev–Trinajstić information content (AvgIpc) is 3.46. The maximum Gasteiger partial charge on any atom is 0.187 e. The van der Waals surface area contributed by atoms with E-state index in [0.29, 0.717) is 19.0 Å². The van der Waals surface area contributed by atoms with Crippen LogP contribution in [0.3, 0.4) is 0 Å². The van der Waals surface area contributed by atoms with E-state index in [1.807, 2.05) is 40.8 Å². The molecule has 4 heterocycles. The van der Waals surface area contributed by atoms with Crippen molar-refractivity contribution in [3.63, 3.8) is 0 Å². The molecule has 3 aromatic heterocycles. The summed E-state index contributed by atoms with van der Waals surface area (Å²) in [5.41, 5.74) is 9.77. The van der Waals surface area contributed by atoms with Crippen LogP contribution in [0.2, 0.25) is 0 Å². The van der Waals surface area contributed by atoms with Crippen LogP contribution < -0.4 is 10.5 Å². The fraction of sp³-hybridized carbons (Fsp3) is 0.400. The third kappa shape index (κ3) is 4.35. The number of nitrogens with two attached hydrogens (primary N) is 1. The smallest absolute Gasteiger partial charge is 0.187 e. The van der Waals surface area contributed by atoms with Crippen molar-refractivity contribution in [1.82, 2.24) is 24.5 Å². The van der Waals surface area contributed by atoms with Crippen molar-refractivity contribution in [1.29, 1.82) is 0 Å². The molecule has 1 aliphatic rings. The average molecular weight is 463 g/mol. The molecule has 34 heavy (non-hydrogen) atoms. The van der Waals surface area contributed by atoms with Crippen LogP contribution in [-0.2, 0) is 9.47 Å². The van der Waals surface area contributed by atoms with E-state index in [1.54, 1.807) is 14.2 Å². The molecule has 0 unspecified atom stereocenters. The van der Waals surface area contributed by atoms with Gasteiger partial charge in [-0.1, -0.05) is 12.1 Å². The van der Waals surface area contributed by atoms with Gasteiger partial charge in [0.1, 0.15) is 18.1 Å². The molecule has 178 valence electrons. The summed E-state index contributed by atoms with van der Waals surface area (Å²) in [7, 11) is 3.38. The van der Waals surface area contributed by atoms with Gasteiger partial charge < -0.3 is 19.9 Å². The van der Waals surface area contributed by atoms with Crippen LogP contribution in [0, 0.1) is 0 Å². The first-order valence-corrected chi connectivity index (χ1v) is 11.5. The molecule has 1 fully saturated rings. The van der Waals surface area contributed by atoms with Crippen LogP contribution >= 0.6 is 0 Å². The summed E-state index contributed by atoms with van der Waals surface area (Å²) in [5, 5.41) is 9.83. The van der Waals surface area contributed by atoms with Gasteiger partial charge in [-0.3, -0.25) is 9.30 Å². The third-order valence-corrected chi connectivity index (χ3v) is 6.54. The van der Waals surface area contributed by atoms with E-state index in [4.69, 9.17) is 24.9 Å². The number of hydrogen-bond donors (Lipinski definition) is 1. The highest BCUT2D eigenvalue weighted by molar-refractivity contribution is 5.82. The van der Waals surface area contributed by atoms with Gasteiger partial charge in [0.2, 0.25) is 0 Å². The minimum Gasteiger partial charge on any atom is -0.491 e. The minimum absolute atomic E-state index is 0.0202. The van der Waals surface area contributed by atoms with E-state index >= 15 is 0 Å². The van der Waals surface area contributed by atoms with Gasteiger partial charge in [-0.05, 0) is 36.8 Å². The zero-order chi connectivity index (χ0) is 23.7. The summed E-state index contributed by atoms with van der Waals surface area (Å²) >= 11 is 0. The summed E-state index contributed by atoms with van der Waals surface area (Å²) in [4.78, 5) is 7.21. The van der Waals surface area contributed by atoms with Crippen molar-refractivity contribution < 1.29 is 14.2 Å². The van der Waals surface area contributed by atoms with Crippen molar-refractivity contribution in [3.05, 3.63) is 54.2 Å². The Kier molecular flexibility index (Phi) is 6.42. The van der Waals surface area contributed by atoms with Gasteiger partial charge >= 0.3 is 0 Å². The Morgan fingerprint density at radius 1 is 1.06 bits per heavy atom. The molecule has 2 N–H and O–H groups in total. The Morgan fingerprint density at radius 2 is 1.91 bits per heavy atom. The van der Waals surface area contributed by atoms with Crippen molar-refractivity contribution in [2.24, 2.45) is 5.73 Å². The van der Waals surface area contributed by atoms with Gasteiger partial charge in [0, 0.05) is 57.0 Å². The zero-order valence-electron chi connectivity index (χ0n) is 19.7. The van der Waals surface area contributed by atoms with Gasteiger partial charge in [0.25, 0.3) is 0 Å². The molecule has 0 spiro atoms. The molecule has 0 aliphatic carbocycles. The topological polar surface area (TPSA) is 100 Å². The second kappa shape index (κ2) is 9.63. The standard InChI is InChI=1S/C25H30N6O3/c1-16(30-14-20(26)23(15-30)33-3)18-6-9-24-28-29-25(31(24)13-18)21-8-5-17-4-7-19(12-22(17)27-21)34-11-10-32-2/h4-9,12-13,16,20,23H,10-11,14-15,26H2,1-3H3/t16-,20+,23+/m0/s1. The van der Waals surface area contributed by atoms with Crippen molar-refractivity contribution in [2.45, 2.75) is 25.1 Å². The van der Waals surface area contributed by atoms with E-state index in [0.717, 1.165) is 46.6 Å². The number of fused-ring (bicyclic) bond motifs is 2. The van der Waals surface area contributed by atoms with E-state index in [1.165, 1.54) is 0 Å². The highest BCUT2D eigenvalue weighted by Crippen LogP contribution is 2.28. The molecule has 1 aromatic carbocycles. The molecule has 1 saturated heterocycles. The lowest BCUT2D eigenvalue weighted by molar-refractivity contribution is 0.0940.